The average Bonchev–Trinajstić information content (AvgIpc) is 3.06. The minimum absolute atomic E-state index is 0.00863. The first kappa shape index (κ1) is 19.5. The third-order valence-electron chi connectivity index (χ3n) is 4.43. The lowest BCUT2D eigenvalue weighted by Gasteiger charge is -2.15. The van der Waals surface area contributed by atoms with Crippen molar-refractivity contribution in [2.24, 2.45) is 7.05 Å². The number of fused-ring (bicyclic) bond motifs is 1. The summed E-state index contributed by atoms with van der Waals surface area (Å²) >= 11 is 0. The fourth-order valence-electron chi connectivity index (χ4n) is 3.00. The van der Waals surface area contributed by atoms with Crippen LogP contribution in [-0.4, -0.2) is 42.1 Å². The molecule has 28 heavy (non-hydrogen) atoms. The number of aromatic nitrogens is 1. The zero-order valence-electron chi connectivity index (χ0n) is 15.9. The van der Waals surface area contributed by atoms with Gasteiger partial charge in [-0.1, -0.05) is 24.8 Å². The zero-order chi connectivity index (χ0) is 20.1. The highest BCUT2D eigenvalue weighted by Crippen LogP contribution is 2.36. The van der Waals surface area contributed by atoms with E-state index < -0.39 is 12.1 Å². The summed E-state index contributed by atoms with van der Waals surface area (Å²) in [6.07, 6.45) is 0.111. The Morgan fingerprint density at radius 3 is 2.71 bits per heavy atom. The SMILES string of the molecule is C=CC(=O)OCC(O)COc1ccc(OC)c(-c2cc3ccccc3n2C)c1. The smallest absolute Gasteiger partial charge is 0.330 e. The first-order valence-electron chi connectivity index (χ1n) is 8.86. The number of esters is 1. The predicted octanol–water partition coefficient (Wildman–Crippen LogP) is 3.32. The highest BCUT2D eigenvalue weighted by molar-refractivity contribution is 5.88. The van der Waals surface area contributed by atoms with E-state index in [1.54, 1.807) is 13.2 Å². The number of carbonyl (C=O) groups is 1. The van der Waals surface area contributed by atoms with Gasteiger partial charge in [-0.15, -0.1) is 0 Å². The van der Waals surface area contributed by atoms with Crippen molar-refractivity contribution in [2.45, 2.75) is 6.10 Å². The van der Waals surface area contributed by atoms with E-state index in [1.165, 1.54) is 0 Å². The molecule has 0 radical (unpaired) electrons. The quantitative estimate of drug-likeness (QED) is 0.479. The summed E-state index contributed by atoms with van der Waals surface area (Å²) in [4.78, 5) is 11.1. The van der Waals surface area contributed by atoms with E-state index in [9.17, 15) is 9.90 Å². The zero-order valence-corrected chi connectivity index (χ0v) is 15.9. The van der Waals surface area contributed by atoms with Crippen LogP contribution in [0.1, 0.15) is 0 Å². The number of rotatable bonds is 8. The van der Waals surface area contributed by atoms with Crippen LogP contribution in [0.15, 0.2) is 61.2 Å². The second kappa shape index (κ2) is 8.63. The van der Waals surface area contributed by atoms with Gasteiger partial charge in [-0.25, -0.2) is 4.79 Å². The van der Waals surface area contributed by atoms with Crippen LogP contribution in [0, 0.1) is 0 Å². The molecule has 0 saturated heterocycles. The van der Waals surface area contributed by atoms with E-state index in [-0.39, 0.29) is 13.2 Å². The molecule has 6 heteroatoms. The summed E-state index contributed by atoms with van der Waals surface area (Å²) < 4.78 is 18.1. The molecule has 6 nitrogen and oxygen atoms in total. The molecule has 0 saturated carbocycles. The Morgan fingerprint density at radius 2 is 2.00 bits per heavy atom. The maximum atomic E-state index is 11.1. The number of hydrogen-bond donors (Lipinski definition) is 1. The number of ether oxygens (including phenoxy) is 3. The summed E-state index contributed by atoms with van der Waals surface area (Å²) in [6, 6.07) is 15.7. The summed E-state index contributed by atoms with van der Waals surface area (Å²) in [5, 5.41) is 11.0. The average molecular weight is 381 g/mol. The van der Waals surface area contributed by atoms with E-state index in [0.717, 1.165) is 34.0 Å². The third-order valence-corrected chi connectivity index (χ3v) is 4.43. The molecular weight excluding hydrogens is 358 g/mol. The number of hydrogen-bond acceptors (Lipinski definition) is 5. The molecule has 1 aromatic heterocycles. The van der Waals surface area contributed by atoms with E-state index >= 15 is 0 Å². The van der Waals surface area contributed by atoms with Gasteiger partial charge in [-0.3, -0.25) is 0 Å². The van der Waals surface area contributed by atoms with Gasteiger partial charge in [-0.2, -0.15) is 0 Å². The number of aliphatic hydroxyl groups is 1. The molecule has 0 aliphatic carbocycles. The van der Waals surface area contributed by atoms with E-state index in [2.05, 4.69) is 29.3 Å². The molecule has 3 rings (SSSR count). The largest absolute Gasteiger partial charge is 0.496 e. The molecular formula is C22H23NO5. The topological polar surface area (TPSA) is 69.9 Å². The molecule has 0 spiro atoms. The summed E-state index contributed by atoms with van der Waals surface area (Å²) in [6.45, 7) is 3.14. The number of benzene rings is 2. The van der Waals surface area contributed by atoms with Crippen molar-refractivity contribution >= 4 is 16.9 Å². The van der Waals surface area contributed by atoms with Crippen LogP contribution in [0.5, 0.6) is 11.5 Å². The van der Waals surface area contributed by atoms with Gasteiger partial charge in [0.05, 0.1) is 12.8 Å². The molecule has 1 N–H and O–H groups in total. The van der Waals surface area contributed by atoms with Crippen LogP contribution in [-0.2, 0) is 16.6 Å². The van der Waals surface area contributed by atoms with Gasteiger partial charge in [0.15, 0.2) is 0 Å². The van der Waals surface area contributed by atoms with E-state index in [0.29, 0.717) is 5.75 Å². The highest BCUT2D eigenvalue weighted by atomic mass is 16.5. The lowest BCUT2D eigenvalue weighted by atomic mass is 10.1. The van der Waals surface area contributed by atoms with Crippen molar-refractivity contribution in [3.63, 3.8) is 0 Å². The maximum absolute atomic E-state index is 11.1. The van der Waals surface area contributed by atoms with Crippen molar-refractivity contribution in [1.82, 2.24) is 4.57 Å². The van der Waals surface area contributed by atoms with Gasteiger partial charge in [0.25, 0.3) is 0 Å². The Morgan fingerprint density at radius 1 is 1.21 bits per heavy atom. The lowest BCUT2D eigenvalue weighted by molar-refractivity contribution is -0.141. The number of para-hydroxylation sites is 1. The van der Waals surface area contributed by atoms with Crippen LogP contribution >= 0.6 is 0 Å². The molecule has 0 bridgehead atoms. The Bertz CT molecular complexity index is 992. The minimum atomic E-state index is -0.938. The molecule has 1 heterocycles. The van der Waals surface area contributed by atoms with Crippen LogP contribution in [0.3, 0.4) is 0 Å². The van der Waals surface area contributed by atoms with Crippen molar-refractivity contribution in [3.05, 3.63) is 61.2 Å². The molecule has 2 aromatic carbocycles. The summed E-state index contributed by atoms with van der Waals surface area (Å²) in [7, 11) is 3.63. The van der Waals surface area contributed by atoms with Gasteiger partial charge in [-0.05, 0) is 30.3 Å². The summed E-state index contributed by atoms with van der Waals surface area (Å²) in [5.74, 6) is 0.718. The molecule has 146 valence electrons. The minimum Gasteiger partial charge on any atom is -0.496 e. The van der Waals surface area contributed by atoms with Crippen molar-refractivity contribution in [2.75, 3.05) is 20.3 Å². The molecule has 0 aliphatic rings. The molecule has 0 fully saturated rings. The van der Waals surface area contributed by atoms with Gasteiger partial charge in [0.2, 0.25) is 0 Å². The molecule has 1 unspecified atom stereocenters. The number of nitrogens with zero attached hydrogens (tertiary/aromatic N) is 1. The fraction of sp³-hybridized carbons (Fsp3) is 0.227. The number of aliphatic hydroxyl groups excluding tert-OH is 1. The van der Waals surface area contributed by atoms with Crippen LogP contribution in [0.25, 0.3) is 22.2 Å². The Kier molecular flexibility index (Phi) is 6.01. The molecule has 1 atom stereocenters. The van der Waals surface area contributed by atoms with Crippen LogP contribution in [0.4, 0.5) is 0 Å². The maximum Gasteiger partial charge on any atom is 0.330 e. The monoisotopic (exact) mass is 381 g/mol. The van der Waals surface area contributed by atoms with Crippen LogP contribution < -0.4 is 9.47 Å². The van der Waals surface area contributed by atoms with E-state index in [4.69, 9.17) is 14.2 Å². The Balaban J connectivity index is 1.81. The first-order valence-corrected chi connectivity index (χ1v) is 8.86. The van der Waals surface area contributed by atoms with Gasteiger partial charge in [0.1, 0.15) is 30.8 Å². The normalized spacial score (nSPS) is 11.8. The summed E-state index contributed by atoms with van der Waals surface area (Å²) in [5.41, 5.74) is 2.99. The van der Waals surface area contributed by atoms with Gasteiger partial charge >= 0.3 is 5.97 Å². The highest BCUT2D eigenvalue weighted by Gasteiger charge is 2.14. The Hall–Kier alpha value is -3.25. The van der Waals surface area contributed by atoms with Gasteiger partial charge < -0.3 is 23.9 Å². The second-order valence-electron chi connectivity index (χ2n) is 6.31. The fourth-order valence-corrected chi connectivity index (χ4v) is 3.00. The van der Waals surface area contributed by atoms with Crippen molar-refractivity contribution in [3.8, 4) is 22.8 Å². The standard InChI is InChI=1S/C22H23NO5/c1-4-22(25)28-14-16(24)13-27-17-9-10-21(26-3)18(12-17)20-11-15-7-5-6-8-19(15)23(20)2/h4-12,16,24H,1,13-14H2,2-3H3. The molecule has 3 aromatic rings. The second-order valence-corrected chi connectivity index (χ2v) is 6.31. The molecule has 0 aliphatic heterocycles. The number of aryl methyl sites for hydroxylation is 1. The third kappa shape index (κ3) is 4.18. The molecule has 0 amide bonds. The van der Waals surface area contributed by atoms with Crippen molar-refractivity contribution in [1.29, 1.82) is 0 Å². The number of methoxy groups -OCH3 is 1. The van der Waals surface area contributed by atoms with Crippen molar-refractivity contribution < 1.29 is 24.1 Å². The first-order chi connectivity index (χ1) is 13.5. The van der Waals surface area contributed by atoms with Crippen LogP contribution in [0.2, 0.25) is 0 Å². The Labute approximate surface area is 163 Å². The number of carbonyl (C=O) groups excluding carboxylic acids is 1. The predicted molar refractivity (Wildman–Crippen MR) is 108 cm³/mol. The lowest BCUT2D eigenvalue weighted by Crippen LogP contribution is -2.24. The van der Waals surface area contributed by atoms with E-state index in [1.807, 2.05) is 31.3 Å². The van der Waals surface area contributed by atoms with Gasteiger partial charge in [0, 0.05) is 29.6 Å².